The van der Waals surface area contributed by atoms with E-state index in [1.807, 2.05) is 30.4 Å². The largest absolute Gasteiger partial charge is 0.748 e. The number of hydrogen-bond acceptors (Lipinski definition) is 10. The Kier molecular flexibility index (Phi) is 14.1. The molecule has 4 aromatic rings. The highest BCUT2D eigenvalue weighted by Gasteiger charge is 2.46. The third-order valence-electron chi connectivity index (χ3n) is 12.1. The summed E-state index contributed by atoms with van der Waals surface area (Å²) >= 11 is 0. The number of hydrogen-bond donors (Lipinski definition) is 1. The van der Waals surface area contributed by atoms with Crippen LogP contribution in [-0.2, 0) is 51.8 Å². The van der Waals surface area contributed by atoms with Gasteiger partial charge in [-0.25, -0.2) is 16.8 Å². The van der Waals surface area contributed by atoms with Crippen LogP contribution in [-0.4, -0.2) is 93.6 Å². The van der Waals surface area contributed by atoms with Gasteiger partial charge in [0.1, 0.15) is 16.7 Å². The highest BCUT2D eigenvalue weighted by atomic mass is 32.2. The maximum Gasteiger partial charge on any atom is 0.303 e. The zero-order valence-corrected chi connectivity index (χ0v) is 37.1. The normalized spacial score (nSPS) is 18.4. The Morgan fingerprint density at radius 3 is 2.23 bits per heavy atom. The molecule has 0 spiro atoms. The van der Waals surface area contributed by atoms with E-state index in [1.165, 1.54) is 12.1 Å². The Bertz CT molecular complexity index is 2660. The lowest BCUT2D eigenvalue weighted by atomic mass is 9.75. The number of ether oxygens (including phenoxy) is 2. The average molecular weight is 872 g/mol. The third-order valence-corrected chi connectivity index (χ3v) is 13.7. The van der Waals surface area contributed by atoms with E-state index < -0.39 is 42.8 Å². The van der Waals surface area contributed by atoms with E-state index in [0.29, 0.717) is 44.5 Å². The van der Waals surface area contributed by atoms with E-state index in [4.69, 9.17) is 9.47 Å². The number of anilines is 1. The lowest BCUT2D eigenvalue weighted by Gasteiger charge is -2.31. The molecule has 2 aliphatic rings. The number of nitrogens with zero attached hydrogens (tertiary/aromatic N) is 2. The van der Waals surface area contributed by atoms with Crippen molar-refractivity contribution in [1.29, 1.82) is 0 Å². The number of fused-ring (bicyclic) bond motifs is 6. The van der Waals surface area contributed by atoms with Gasteiger partial charge < -0.3 is 28.6 Å². The molecule has 0 amide bonds. The minimum absolute atomic E-state index is 0.102. The van der Waals surface area contributed by atoms with Crippen LogP contribution in [0.3, 0.4) is 0 Å². The molecule has 0 bridgehead atoms. The van der Waals surface area contributed by atoms with Gasteiger partial charge in [0.05, 0.1) is 33.6 Å². The Labute approximate surface area is 359 Å². The maximum absolute atomic E-state index is 11.9. The number of rotatable bonds is 20. The van der Waals surface area contributed by atoms with Crippen molar-refractivity contribution in [2.75, 3.05) is 51.2 Å². The lowest BCUT2D eigenvalue weighted by Crippen LogP contribution is -2.31. The molecular weight excluding hydrogens is 817 g/mol. The third kappa shape index (κ3) is 10.0. The first kappa shape index (κ1) is 45.8. The number of benzene rings is 4. The van der Waals surface area contributed by atoms with E-state index in [0.717, 1.165) is 74.9 Å². The number of methoxy groups -OCH3 is 2. The van der Waals surface area contributed by atoms with E-state index >= 15 is 0 Å². The first-order valence-corrected chi connectivity index (χ1v) is 23.6. The molecule has 2 aliphatic heterocycles. The summed E-state index contributed by atoms with van der Waals surface area (Å²) in [7, 11) is -5.73. The molecule has 0 saturated carbocycles. The van der Waals surface area contributed by atoms with Crippen molar-refractivity contribution in [3.8, 4) is 0 Å². The van der Waals surface area contributed by atoms with Crippen molar-refractivity contribution in [2.45, 2.75) is 81.4 Å². The molecule has 0 aromatic heterocycles. The fraction of sp³-hybridized carbons (Fsp3) is 0.404. The van der Waals surface area contributed by atoms with Gasteiger partial charge in [-0.3, -0.25) is 4.79 Å². The summed E-state index contributed by atoms with van der Waals surface area (Å²) in [5, 5.41) is 12.8. The monoisotopic (exact) mass is 871 g/mol. The second kappa shape index (κ2) is 18.7. The highest BCUT2D eigenvalue weighted by molar-refractivity contribution is 7.86. The van der Waals surface area contributed by atoms with Crippen molar-refractivity contribution in [3.05, 3.63) is 113 Å². The first-order chi connectivity index (χ1) is 28.9. The fourth-order valence-corrected chi connectivity index (χ4v) is 10.2. The molecule has 12 nitrogen and oxygen atoms in total. The standard InChI is InChI=1S/C47H56N2O10S2/c1-46(2)41(48(26-11-7-10-15-43(50)51)39-22-18-35-32-36(61(55,56)57)19-21-37(35)44(39)46)13-8-6-9-14-42-47(3,25-12-30-60(52,53)54)45-38-20-16-33(24-28-58-4)31-34(38)17-23-40(45)49(42)27-29-59-5/h6,8-9,13-14,16-23,31-32H,7,10-12,15,24-30H2,1-5H3,(H2-,50,51,52,53,54,55,56,57)/p-1. The second-order valence-corrected chi connectivity index (χ2v) is 19.5. The minimum atomic E-state index is -4.64. The summed E-state index contributed by atoms with van der Waals surface area (Å²) in [6, 6.07) is 18.9. The average Bonchev–Trinajstić information content (AvgIpc) is 3.56. The van der Waals surface area contributed by atoms with Gasteiger partial charge >= 0.3 is 5.97 Å². The molecule has 1 atom stereocenters. The van der Waals surface area contributed by atoms with Crippen molar-refractivity contribution >= 4 is 64.8 Å². The molecule has 0 saturated heterocycles. The number of allylic oxidation sites excluding steroid dienone is 6. The highest BCUT2D eigenvalue weighted by Crippen LogP contribution is 2.53. The predicted molar refractivity (Wildman–Crippen MR) is 237 cm³/mol. The van der Waals surface area contributed by atoms with Crippen LogP contribution in [0.2, 0.25) is 0 Å². The summed E-state index contributed by atoms with van der Waals surface area (Å²) in [4.78, 5) is 13.1. The van der Waals surface area contributed by atoms with Crippen molar-refractivity contribution in [2.24, 2.45) is 0 Å². The van der Waals surface area contributed by atoms with Crippen molar-refractivity contribution in [3.63, 3.8) is 0 Å². The maximum atomic E-state index is 11.9. The van der Waals surface area contributed by atoms with Gasteiger partial charge in [-0.2, -0.15) is 4.58 Å². The van der Waals surface area contributed by atoms with Crippen LogP contribution in [0.4, 0.5) is 11.4 Å². The summed E-state index contributed by atoms with van der Waals surface area (Å²) in [5.74, 6) is -1.29. The first-order valence-electron chi connectivity index (χ1n) is 20.6. The molecule has 4 aromatic carbocycles. The zero-order valence-electron chi connectivity index (χ0n) is 35.5. The molecule has 0 fully saturated rings. The molecule has 0 radical (unpaired) electrons. The Morgan fingerprint density at radius 2 is 1.52 bits per heavy atom. The van der Waals surface area contributed by atoms with Crippen molar-refractivity contribution < 1.29 is 49.9 Å². The van der Waals surface area contributed by atoms with Crippen LogP contribution in [0.15, 0.2) is 102 Å². The van der Waals surface area contributed by atoms with Gasteiger partial charge in [-0.1, -0.05) is 48.6 Å². The van der Waals surface area contributed by atoms with Crippen LogP contribution in [0.1, 0.15) is 76.0 Å². The van der Waals surface area contributed by atoms with E-state index in [-0.39, 0.29) is 17.7 Å². The number of unbranched alkanes of at least 4 members (excludes halogenated alkanes) is 2. The second-order valence-electron chi connectivity index (χ2n) is 16.6. The molecule has 0 aliphatic carbocycles. The molecule has 6 rings (SSSR count). The van der Waals surface area contributed by atoms with Crippen LogP contribution in [0, 0.1) is 0 Å². The Morgan fingerprint density at radius 1 is 0.820 bits per heavy atom. The van der Waals surface area contributed by atoms with Crippen LogP contribution in [0.25, 0.3) is 21.5 Å². The Balaban J connectivity index is 1.39. The quantitative estimate of drug-likeness (QED) is 0.0396. The molecule has 1 N–H and O–H groups in total. The van der Waals surface area contributed by atoms with Crippen molar-refractivity contribution in [1.82, 2.24) is 0 Å². The molecule has 14 heteroatoms. The molecule has 2 heterocycles. The molecule has 326 valence electrons. The van der Waals surface area contributed by atoms with E-state index in [9.17, 15) is 35.8 Å². The SMILES string of the molecule is COCCc1ccc2c3c(ccc2c1)N(CCOC)C(=CC=CC=CC1=[N+](CCCCCC(=O)O)c2ccc4cc(S(=O)(=O)[O-])ccc4c2C1(C)C)C3(C)CCCS(=O)(=O)[O-]. The van der Waals surface area contributed by atoms with E-state index in [1.54, 1.807) is 20.3 Å². The van der Waals surface area contributed by atoms with Gasteiger partial charge in [0.2, 0.25) is 5.69 Å². The van der Waals surface area contributed by atoms with Gasteiger partial charge in [0, 0.05) is 73.9 Å². The Hall–Kier alpha value is -4.70. The number of aliphatic carboxylic acids is 1. The topological polar surface area (TPSA) is 176 Å². The minimum Gasteiger partial charge on any atom is -0.748 e. The smallest absolute Gasteiger partial charge is 0.303 e. The van der Waals surface area contributed by atoms with Gasteiger partial charge in [-0.15, -0.1) is 0 Å². The number of carboxylic acid groups (broad SMARTS) is 1. The van der Waals surface area contributed by atoms with Crippen LogP contribution < -0.4 is 4.90 Å². The number of carbonyl (C=O) groups is 1. The zero-order chi connectivity index (χ0) is 44.2. The predicted octanol–water partition coefficient (Wildman–Crippen LogP) is 7.85. The van der Waals surface area contributed by atoms with Crippen LogP contribution in [0.5, 0.6) is 0 Å². The molecule has 1 unspecified atom stereocenters. The van der Waals surface area contributed by atoms with Gasteiger partial charge in [-0.05, 0) is 116 Å². The summed E-state index contributed by atoms with van der Waals surface area (Å²) in [6.45, 7) is 8.57. The molecular formula is C47H55N2O10S2-. The van der Waals surface area contributed by atoms with Gasteiger partial charge in [0.25, 0.3) is 0 Å². The summed E-state index contributed by atoms with van der Waals surface area (Å²) in [6.07, 6.45) is 13.5. The fourth-order valence-electron chi connectivity index (χ4n) is 9.21. The summed E-state index contributed by atoms with van der Waals surface area (Å²) < 4.78 is 84.2. The summed E-state index contributed by atoms with van der Waals surface area (Å²) in [5.41, 5.74) is 5.96. The van der Waals surface area contributed by atoms with E-state index in [2.05, 4.69) is 72.7 Å². The molecule has 61 heavy (non-hydrogen) atoms. The lowest BCUT2D eigenvalue weighted by molar-refractivity contribution is -0.438. The van der Waals surface area contributed by atoms with Gasteiger partial charge in [0.15, 0.2) is 5.71 Å². The van der Waals surface area contributed by atoms with Crippen LogP contribution >= 0.6 is 0 Å². The number of carboxylic acids is 1.